The van der Waals surface area contributed by atoms with Crippen LogP contribution < -0.4 is 5.56 Å². The Hall–Kier alpha value is -2.04. The topological polar surface area (TPSA) is 34.9 Å². The van der Waals surface area contributed by atoms with Crippen LogP contribution in [0.2, 0.25) is 5.02 Å². The molecule has 0 unspecified atom stereocenters. The van der Waals surface area contributed by atoms with Gasteiger partial charge in [-0.1, -0.05) is 47.6 Å². The summed E-state index contributed by atoms with van der Waals surface area (Å²) >= 11 is 7.61. The molecule has 0 spiro atoms. The fourth-order valence-electron chi connectivity index (χ4n) is 2.38. The van der Waals surface area contributed by atoms with E-state index in [1.54, 1.807) is 22.8 Å². The number of aromatic nitrogens is 2. The van der Waals surface area contributed by atoms with Gasteiger partial charge in [-0.25, -0.2) is 4.98 Å². The second-order valence-electron chi connectivity index (χ2n) is 5.08. The van der Waals surface area contributed by atoms with Crippen LogP contribution in [0.5, 0.6) is 0 Å². The maximum Gasteiger partial charge on any atom is 0.266 e. The van der Waals surface area contributed by atoms with Crippen molar-refractivity contribution in [2.45, 2.75) is 12.1 Å². The second kappa shape index (κ2) is 6.60. The van der Waals surface area contributed by atoms with Crippen molar-refractivity contribution in [1.29, 1.82) is 0 Å². The lowest BCUT2D eigenvalue weighted by atomic mass is 10.2. The first kappa shape index (κ1) is 15.8. The smallest absolute Gasteiger partial charge is 0.266 e. The lowest BCUT2D eigenvalue weighted by molar-refractivity contribution is 0.815. The number of hydrogen-bond acceptors (Lipinski definition) is 3. The van der Waals surface area contributed by atoms with E-state index in [0.29, 0.717) is 26.8 Å². The molecule has 0 saturated carbocycles. The van der Waals surface area contributed by atoms with Crippen molar-refractivity contribution in [2.24, 2.45) is 0 Å². The Balaban J connectivity index is 2.36. The van der Waals surface area contributed by atoms with Crippen molar-refractivity contribution in [2.75, 3.05) is 5.75 Å². The van der Waals surface area contributed by atoms with Gasteiger partial charge in [0.05, 0.1) is 16.6 Å². The van der Waals surface area contributed by atoms with Crippen LogP contribution in [0.1, 0.15) is 5.56 Å². The number of para-hydroxylation sites is 1. The molecule has 23 heavy (non-hydrogen) atoms. The highest BCUT2D eigenvalue weighted by atomic mass is 35.5. The summed E-state index contributed by atoms with van der Waals surface area (Å²) in [6, 6.07) is 12.9. The van der Waals surface area contributed by atoms with Gasteiger partial charge in [0, 0.05) is 10.8 Å². The van der Waals surface area contributed by atoms with Crippen molar-refractivity contribution in [3.05, 3.63) is 76.1 Å². The molecular formula is C18H15ClN2OS. The fraction of sp³-hybridized carbons (Fsp3) is 0.111. The molecule has 0 aliphatic heterocycles. The first-order chi connectivity index (χ1) is 11.1. The highest BCUT2D eigenvalue weighted by Crippen LogP contribution is 2.25. The second-order valence-corrected chi connectivity index (χ2v) is 6.51. The maximum absolute atomic E-state index is 13.0. The Morgan fingerprint density at radius 2 is 2.09 bits per heavy atom. The number of nitrogens with zero attached hydrogens (tertiary/aromatic N) is 2. The van der Waals surface area contributed by atoms with Gasteiger partial charge < -0.3 is 0 Å². The Bertz CT molecular complexity index is 949. The van der Waals surface area contributed by atoms with Crippen LogP contribution in [0.4, 0.5) is 0 Å². The average Bonchev–Trinajstić information content (AvgIpc) is 2.56. The summed E-state index contributed by atoms with van der Waals surface area (Å²) in [5.41, 5.74) is 2.33. The van der Waals surface area contributed by atoms with Crippen LogP contribution >= 0.6 is 23.4 Å². The zero-order chi connectivity index (χ0) is 16.4. The van der Waals surface area contributed by atoms with Crippen LogP contribution in [0.15, 0.2) is 65.1 Å². The van der Waals surface area contributed by atoms with E-state index in [0.717, 1.165) is 11.3 Å². The van der Waals surface area contributed by atoms with Crippen molar-refractivity contribution in [3.63, 3.8) is 0 Å². The SMILES string of the molecule is C=CCSc1nc2ccccc2c(=O)n1-c1cc(Cl)ccc1C. The van der Waals surface area contributed by atoms with Gasteiger partial charge in [-0.15, -0.1) is 6.58 Å². The van der Waals surface area contributed by atoms with Gasteiger partial charge in [0.2, 0.25) is 0 Å². The summed E-state index contributed by atoms with van der Waals surface area (Å²) in [6.45, 7) is 5.69. The molecule has 0 radical (unpaired) electrons. The third kappa shape index (κ3) is 3.05. The lowest BCUT2D eigenvalue weighted by Crippen LogP contribution is -2.22. The molecule has 3 rings (SSSR count). The minimum absolute atomic E-state index is 0.0903. The summed E-state index contributed by atoms with van der Waals surface area (Å²) in [5.74, 6) is 0.671. The van der Waals surface area contributed by atoms with Crippen LogP contribution in [0, 0.1) is 6.92 Å². The molecule has 0 aliphatic rings. The average molecular weight is 343 g/mol. The quantitative estimate of drug-likeness (QED) is 0.394. The molecule has 3 aromatic rings. The number of rotatable bonds is 4. The summed E-state index contributed by atoms with van der Waals surface area (Å²) in [6.07, 6.45) is 1.79. The van der Waals surface area contributed by atoms with Crippen LogP contribution in [0.25, 0.3) is 16.6 Å². The molecule has 0 saturated heterocycles. The summed E-state index contributed by atoms with van der Waals surface area (Å²) in [4.78, 5) is 17.7. The van der Waals surface area contributed by atoms with Crippen LogP contribution in [-0.4, -0.2) is 15.3 Å². The minimum Gasteiger partial charge on any atom is -0.268 e. The molecular weight excluding hydrogens is 328 g/mol. The predicted octanol–water partition coefficient (Wildman–Crippen LogP) is 4.63. The molecule has 0 fully saturated rings. The molecule has 0 atom stereocenters. The largest absolute Gasteiger partial charge is 0.268 e. The van der Waals surface area contributed by atoms with E-state index in [2.05, 4.69) is 11.6 Å². The Morgan fingerprint density at radius 3 is 2.87 bits per heavy atom. The van der Waals surface area contributed by atoms with E-state index < -0.39 is 0 Å². The zero-order valence-electron chi connectivity index (χ0n) is 12.6. The standard InChI is InChI=1S/C18H15ClN2OS/c1-3-10-23-18-20-15-7-5-4-6-14(15)17(22)21(18)16-11-13(19)9-8-12(16)2/h3-9,11H,1,10H2,2H3. The van der Waals surface area contributed by atoms with Crippen molar-refractivity contribution >= 4 is 34.3 Å². The van der Waals surface area contributed by atoms with Gasteiger partial charge in [-0.2, -0.15) is 0 Å². The molecule has 1 aromatic heterocycles. The van der Waals surface area contributed by atoms with Gasteiger partial charge >= 0.3 is 0 Å². The molecule has 0 amide bonds. The minimum atomic E-state index is -0.0903. The number of benzene rings is 2. The van der Waals surface area contributed by atoms with Crippen molar-refractivity contribution in [1.82, 2.24) is 9.55 Å². The van der Waals surface area contributed by atoms with Gasteiger partial charge in [-0.3, -0.25) is 9.36 Å². The third-order valence-corrected chi connectivity index (χ3v) is 4.66. The first-order valence-corrected chi connectivity index (χ1v) is 8.50. The van der Waals surface area contributed by atoms with E-state index in [-0.39, 0.29) is 5.56 Å². The molecule has 0 bridgehead atoms. The zero-order valence-corrected chi connectivity index (χ0v) is 14.2. The number of thioether (sulfide) groups is 1. The predicted molar refractivity (Wildman–Crippen MR) is 98.0 cm³/mol. The number of halogens is 1. The van der Waals surface area contributed by atoms with E-state index in [1.165, 1.54) is 11.8 Å². The highest BCUT2D eigenvalue weighted by molar-refractivity contribution is 7.99. The summed E-state index contributed by atoms with van der Waals surface area (Å²) in [7, 11) is 0. The van der Waals surface area contributed by atoms with Gasteiger partial charge in [0.15, 0.2) is 5.16 Å². The molecule has 3 nitrogen and oxygen atoms in total. The Kier molecular flexibility index (Phi) is 4.55. The van der Waals surface area contributed by atoms with Crippen molar-refractivity contribution < 1.29 is 0 Å². The summed E-state index contributed by atoms with van der Waals surface area (Å²) < 4.78 is 1.64. The highest BCUT2D eigenvalue weighted by Gasteiger charge is 2.14. The van der Waals surface area contributed by atoms with Crippen LogP contribution in [-0.2, 0) is 0 Å². The van der Waals surface area contributed by atoms with Gasteiger partial charge in [0.25, 0.3) is 5.56 Å². The molecule has 5 heteroatoms. The lowest BCUT2D eigenvalue weighted by Gasteiger charge is -2.15. The monoisotopic (exact) mass is 342 g/mol. The van der Waals surface area contributed by atoms with Crippen molar-refractivity contribution in [3.8, 4) is 5.69 Å². The summed E-state index contributed by atoms with van der Waals surface area (Å²) in [5, 5.41) is 1.82. The van der Waals surface area contributed by atoms with E-state index in [4.69, 9.17) is 11.6 Å². The third-order valence-electron chi connectivity index (χ3n) is 3.49. The Labute approximate surface area is 143 Å². The molecule has 0 N–H and O–H groups in total. The van der Waals surface area contributed by atoms with Crippen LogP contribution in [0.3, 0.4) is 0 Å². The first-order valence-electron chi connectivity index (χ1n) is 7.14. The van der Waals surface area contributed by atoms with Gasteiger partial charge in [0.1, 0.15) is 0 Å². The van der Waals surface area contributed by atoms with E-state index in [9.17, 15) is 4.79 Å². The molecule has 116 valence electrons. The normalized spacial score (nSPS) is 10.9. The number of fused-ring (bicyclic) bond motifs is 1. The molecule has 1 heterocycles. The Morgan fingerprint density at radius 1 is 1.30 bits per heavy atom. The molecule has 2 aromatic carbocycles. The van der Waals surface area contributed by atoms with E-state index in [1.807, 2.05) is 37.3 Å². The number of hydrogen-bond donors (Lipinski definition) is 0. The molecule has 0 aliphatic carbocycles. The fourth-order valence-corrected chi connectivity index (χ4v) is 3.29. The van der Waals surface area contributed by atoms with E-state index >= 15 is 0 Å². The maximum atomic E-state index is 13.0. The van der Waals surface area contributed by atoms with Gasteiger partial charge in [-0.05, 0) is 36.8 Å². The number of aryl methyl sites for hydroxylation is 1.